The Morgan fingerprint density at radius 1 is 1.21 bits per heavy atom. The first-order valence-electron chi connectivity index (χ1n) is 12.6. The SMILES string of the molecule is C[C@@H]1C[C@H](N)CN(c2c(NC(=O)c3ccc(F)c(-c4c(F)cc(C[S+]=O)cc4F)n3)cnc3c2CC[C@@H]3O)C1. The number of fused-ring (bicyclic) bond motifs is 1. The first-order valence-corrected chi connectivity index (χ1v) is 13.5. The summed E-state index contributed by atoms with van der Waals surface area (Å²) in [4.78, 5) is 23.7. The number of benzene rings is 1. The topological polar surface area (TPSA) is 121 Å². The molecule has 3 heterocycles. The summed E-state index contributed by atoms with van der Waals surface area (Å²) in [7, 11) is 0. The Morgan fingerprint density at radius 2 is 1.95 bits per heavy atom. The molecule has 1 saturated heterocycles. The second-order valence-electron chi connectivity index (χ2n) is 10.1. The first-order chi connectivity index (χ1) is 18.7. The van der Waals surface area contributed by atoms with Crippen LogP contribution in [0.1, 0.15) is 53.2 Å². The van der Waals surface area contributed by atoms with Crippen molar-refractivity contribution in [2.24, 2.45) is 11.7 Å². The number of carbonyl (C=O) groups excluding carboxylic acids is 1. The minimum Gasteiger partial charge on any atom is -0.387 e. The number of hydrogen-bond donors (Lipinski definition) is 3. The van der Waals surface area contributed by atoms with E-state index in [0.29, 0.717) is 43.2 Å². The van der Waals surface area contributed by atoms with Gasteiger partial charge >= 0.3 is 11.7 Å². The number of anilines is 2. The van der Waals surface area contributed by atoms with Crippen molar-refractivity contribution < 1.29 is 27.3 Å². The molecule has 0 radical (unpaired) electrons. The van der Waals surface area contributed by atoms with Gasteiger partial charge in [-0.3, -0.25) is 9.78 Å². The van der Waals surface area contributed by atoms with Gasteiger partial charge in [0.05, 0.1) is 34.9 Å². The maximum atomic E-state index is 14.8. The number of hydrogen-bond acceptors (Lipinski definition) is 7. The van der Waals surface area contributed by atoms with Crippen molar-refractivity contribution in [2.75, 3.05) is 23.3 Å². The maximum absolute atomic E-state index is 14.8. The highest BCUT2D eigenvalue weighted by Crippen LogP contribution is 2.41. The molecule has 12 heteroatoms. The lowest BCUT2D eigenvalue weighted by Crippen LogP contribution is -2.47. The summed E-state index contributed by atoms with van der Waals surface area (Å²) < 4.78 is 55.0. The molecule has 0 saturated carbocycles. The van der Waals surface area contributed by atoms with Gasteiger partial charge in [0.2, 0.25) is 0 Å². The van der Waals surface area contributed by atoms with Crippen molar-refractivity contribution in [2.45, 2.75) is 44.1 Å². The van der Waals surface area contributed by atoms with Crippen molar-refractivity contribution in [3.05, 3.63) is 70.4 Å². The zero-order valence-corrected chi connectivity index (χ0v) is 21.9. The van der Waals surface area contributed by atoms with Gasteiger partial charge in [-0.25, -0.2) is 18.2 Å². The quantitative estimate of drug-likeness (QED) is 0.393. The number of nitrogens with one attached hydrogen (secondary N) is 1. The summed E-state index contributed by atoms with van der Waals surface area (Å²) in [6, 6.07) is 3.85. The monoisotopic (exact) mass is 558 g/mol. The van der Waals surface area contributed by atoms with E-state index in [4.69, 9.17) is 5.73 Å². The third-order valence-corrected chi connectivity index (χ3v) is 7.52. The molecule has 204 valence electrons. The van der Waals surface area contributed by atoms with Crippen LogP contribution in [-0.4, -0.2) is 40.1 Å². The van der Waals surface area contributed by atoms with Crippen LogP contribution in [0.25, 0.3) is 11.3 Å². The second kappa shape index (κ2) is 10.9. The van der Waals surface area contributed by atoms with Crippen LogP contribution < -0.4 is 16.0 Å². The fourth-order valence-electron chi connectivity index (χ4n) is 5.48. The number of aliphatic hydroxyl groups is 1. The average Bonchev–Trinajstić information content (AvgIpc) is 3.24. The summed E-state index contributed by atoms with van der Waals surface area (Å²) in [5.41, 5.74) is 7.22. The van der Waals surface area contributed by atoms with E-state index in [9.17, 15) is 27.3 Å². The van der Waals surface area contributed by atoms with Crippen LogP contribution in [0.3, 0.4) is 0 Å². The van der Waals surface area contributed by atoms with Crippen molar-refractivity contribution in [3.63, 3.8) is 0 Å². The molecule has 0 unspecified atom stereocenters. The summed E-state index contributed by atoms with van der Waals surface area (Å²) in [5.74, 6) is -3.80. The number of halogens is 3. The number of carbonyl (C=O) groups is 1. The number of rotatable bonds is 6. The van der Waals surface area contributed by atoms with Gasteiger partial charge in [0.25, 0.3) is 11.7 Å². The molecule has 2 aromatic heterocycles. The Balaban J connectivity index is 1.50. The maximum Gasteiger partial charge on any atom is 0.463 e. The van der Waals surface area contributed by atoms with Crippen LogP contribution >= 0.6 is 0 Å². The first kappa shape index (κ1) is 27.1. The van der Waals surface area contributed by atoms with Gasteiger partial charge in [-0.2, -0.15) is 0 Å². The number of pyridine rings is 2. The van der Waals surface area contributed by atoms with E-state index in [0.717, 1.165) is 41.9 Å². The van der Waals surface area contributed by atoms with E-state index < -0.39 is 40.7 Å². The van der Waals surface area contributed by atoms with E-state index >= 15 is 0 Å². The lowest BCUT2D eigenvalue weighted by Gasteiger charge is -2.38. The molecule has 5 rings (SSSR count). The van der Waals surface area contributed by atoms with Crippen LogP contribution in [-0.2, 0) is 28.0 Å². The molecule has 1 amide bonds. The molecule has 3 atom stereocenters. The summed E-state index contributed by atoms with van der Waals surface area (Å²) >= 11 is 0.148. The molecule has 1 aliphatic heterocycles. The molecule has 1 aromatic carbocycles. The van der Waals surface area contributed by atoms with Gasteiger partial charge in [-0.15, -0.1) is 0 Å². The van der Waals surface area contributed by atoms with E-state index in [-0.39, 0.29) is 34.7 Å². The summed E-state index contributed by atoms with van der Waals surface area (Å²) in [6.45, 7) is 3.34. The predicted molar refractivity (Wildman–Crippen MR) is 141 cm³/mol. The van der Waals surface area contributed by atoms with Gasteiger partial charge in [-0.05, 0) is 49.4 Å². The number of piperidine rings is 1. The smallest absolute Gasteiger partial charge is 0.387 e. The Bertz CT molecular complexity index is 1420. The molecule has 3 aromatic rings. The highest BCUT2D eigenvalue weighted by molar-refractivity contribution is 7.64. The van der Waals surface area contributed by atoms with E-state index in [2.05, 4.69) is 27.1 Å². The number of nitrogens with zero attached hydrogens (tertiary/aromatic N) is 3. The lowest BCUT2D eigenvalue weighted by atomic mass is 9.95. The van der Waals surface area contributed by atoms with Crippen LogP contribution in [0.15, 0.2) is 30.5 Å². The van der Waals surface area contributed by atoms with Crippen molar-refractivity contribution in [1.29, 1.82) is 0 Å². The van der Waals surface area contributed by atoms with Gasteiger partial charge in [-0.1, -0.05) is 6.92 Å². The summed E-state index contributed by atoms with van der Waals surface area (Å²) in [5, 5.41) is 13.2. The Morgan fingerprint density at radius 3 is 2.64 bits per heavy atom. The highest BCUT2D eigenvalue weighted by Gasteiger charge is 2.32. The minimum absolute atomic E-state index is 0.0721. The Labute approximate surface area is 226 Å². The van der Waals surface area contributed by atoms with Crippen LogP contribution in [0, 0.1) is 23.4 Å². The fraction of sp³-hybridized carbons (Fsp3) is 0.370. The zero-order chi connectivity index (χ0) is 27.8. The Kier molecular flexibility index (Phi) is 7.61. The van der Waals surface area contributed by atoms with Crippen molar-refractivity contribution in [1.82, 2.24) is 9.97 Å². The third-order valence-electron chi connectivity index (χ3n) is 7.07. The average molecular weight is 559 g/mol. The summed E-state index contributed by atoms with van der Waals surface area (Å²) in [6.07, 6.45) is 2.70. The molecule has 1 aliphatic carbocycles. The standard InChI is InChI=1S/C27H26F3N5O3S/c1-13-6-15(31)11-35(10-13)26-16-2-5-22(36)24(16)32-9-21(26)34-27(37)20-4-3-17(28)25(33-20)23-18(29)7-14(12-39-38)8-19(23)30/h3-4,7-9,13,15,22,36H,2,5-6,10-12,31H2,1H3/p+1/t13-,15+,22+/m1/s1. The second-order valence-corrected chi connectivity index (χ2v) is 10.6. The number of nitrogens with two attached hydrogens (primary N) is 1. The molecule has 4 N–H and O–H groups in total. The van der Waals surface area contributed by atoms with Gasteiger partial charge < -0.3 is 21.1 Å². The molecule has 1 fully saturated rings. The van der Waals surface area contributed by atoms with E-state index in [1.165, 1.54) is 6.20 Å². The highest BCUT2D eigenvalue weighted by atomic mass is 32.1. The minimum atomic E-state index is -1.10. The molecule has 8 nitrogen and oxygen atoms in total. The fourth-order valence-corrected chi connectivity index (χ4v) is 5.78. The van der Waals surface area contributed by atoms with E-state index in [1.54, 1.807) is 0 Å². The van der Waals surface area contributed by atoms with Crippen LogP contribution in [0.5, 0.6) is 0 Å². The van der Waals surface area contributed by atoms with E-state index in [1.807, 2.05) is 0 Å². The predicted octanol–water partition coefficient (Wildman–Crippen LogP) is 3.89. The molecule has 39 heavy (non-hydrogen) atoms. The van der Waals surface area contributed by atoms with Gasteiger partial charge in [0.15, 0.2) is 0 Å². The molecule has 0 spiro atoms. The number of aliphatic hydroxyl groups excluding tert-OH is 1. The largest absolute Gasteiger partial charge is 0.463 e. The van der Waals surface area contributed by atoms with Crippen molar-refractivity contribution >= 4 is 28.9 Å². The van der Waals surface area contributed by atoms with Crippen molar-refractivity contribution in [3.8, 4) is 11.3 Å². The molecule has 0 bridgehead atoms. The lowest BCUT2D eigenvalue weighted by molar-refractivity contribution is 0.102. The number of aromatic nitrogens is 2. The molecular formula is C27H27F3N5O3S+. The van der Waals surface area contributed by atoms with Gasteiger partial charge in [0, 0.05) is 34.5 Å². The van der Waals surface area contributed by atoms with Crippen LogP contribution in [0.2, 0.25) is 0 Å². The normalized spacial score (nSPS) is 20.6. The molecular weight excluding hydrogens is 531 g/mol. The third kappa shape index (κ3) is 5.36. The number of amides is 1. The van der Waals surface area contributed by atoms with Gasteiger partial charge in [0.1, 0.15) is 28.8 Å². The Hall–Kier alpha value is -3.48. The molecule has 2 aliphatic rings. The zero-order valence-electron chi connectivity index (χ0n) is 21.1. The van der Waals surface area contributed by atoms with Crippen LogP contribution in [0.4, 0.5) is 24.5 Å².